The van der Waals surface area contributed by atoms with Crippen molar-refractivity contribution >= 4 is 23.3 Å². The first-order valence-corrected chi connectivity index (χ1v) is 10.8. The van der Waals surface area contributed by atoms with Crippen LogP contribution in [0, 0.1) is 19.7 Å². The van der Waals surface area contributed by atoms with Gasteiger partial charge in [-0.25, -0.2) is 13.9 Å². The van der Waals surface area contributed by atoms with E-state index in [-0.39, 0.29) is 23.6 Å². The van der Waals surface area contributed by atoms with Crippen molar-refractivity contribution < 1.29 is 31.9 Å². The molecule has 0 spiro atoms. The van der Waals surface area contributed by atoms with E-state index in [2.05, 4.69) is 30.4 Å². The molecule has 1 aromatic carbocycles. The van der Waals surface area contributed by atoms with Crippen molar-refractivity contribution in [2.45, 2.75) is 33.7 Å². The Balaban J connectivity index is 1.57. The molecule has 3 heterocycles. The minimum Gasteiger partial charge on any atom is -0.406 e. The number of amides is 2. The third-order valence-corrected chi connectivity index (χ3v) is 5.17. The van der Waals surface area contributed by atoms with Crippen LogP contribution in [0.15, 0.2) is 42.6 Å². The van der Waals surface area contributed by atoms with Gasteiger partial charge in [0.15, 0.2) is 11.5 Å². The molecule has 0 aliphatic heterocycles. The second-order valence-electron chi connectivity index (χ2n) is 8.11. The summed E-state index contributed by atoms with van der Waals surface area (Å²) in [4.78, 5) is 32.9. The summed E-state index contributed by atoms with van der Waals surface area (Å²) in [5, 5.41) is 9.63. The number of alkyl halides is 3. The van der Waals surface area contributed by atoms with E-state index in [0.29, 0.717) is 40.2 Å². The Labute approximate surface area is 207 Å². The molecule has 0 saturated carbocycles. The predicted molar refractivity (Wildman–Crippen MR) is 124 cm³/mol. The number of aromatic nitrogens is 4. The van der Waals surface area contributed by atoms with Crippen molar-refractivity contribution in [2.24, 2.45) is 0 Å². The van der Waals surface area contributed by atoms with Gasteiger partial charge in [-0.3, -0.25) is 14.6 Å². The SMILES string of the molecule is CC(=O)Nc1cn2nc(-c3cc(C(=O)NCc4cc(F)cc(OC(F)(F)F)c4)c(C)nc3C)ccc2n1. The number of hydrogen-bond donors (Lipinski definition) is 2. The van der Waals surface area contributed by atoms with Crippen LogP contribution in [0.25, 0.3) is 16.9 Å². The van der Waals surface area contributed by atoms with Gasteiger partial charge in [-0.2, -0.15) is 5.10 Å². The first-order valence-electron chi connectivity index (χ1n) is 10.8. The van der Waals surface area contributed by atoms with Gasteiger partial charge in [-0.05, 0) is 49.7 Å². The number of fused-ring (bicyclic) bond motifs is 1. The summed E-state index contributed by atoms with van der Waals surface area (Å²) in [5.41, 5.74) is 2.82. The molecular formula is C24H20F4N6O3. The molecule has 4 rings (SSSR count). The summed E-state index contributed by atoms with van der Waals surface area (Å²) in [6, 6.07) is 7.56. The molecule has 9 nitrogen and oxygen atoms in total. The molecule has 0 saturated heterocycles. The lowest BCUT2D eigenvalue weighted by atomic mass is 10.0. The van der Waals surface area contributed by atoms with Crippen LogP contribution in [-0.2, 0) is 11.3 Å². The standard InChI is InChI=1S/C24H20F4N6O3/c1-12-18(20-4-5-22-32-21(31-14(3)35)11-34(22)33-20)9-19(13(2)30-12)23(36)29-10-15-6-16(25)8-17(7-15)37-24(26,27)28/h4-9,11H,10H2,1-3H3,(H,29,36)(H,31,35). The summed E-state index contributed by atoms with van der Waals surface area (Å²) in [6.45, 7) is 4.50. The monoisotopic (exact) mass is 516 g/mol. The van der Waals surface area contributed by atoms with Gasteiger partial charge in [-0.1, -0.05) is 0 Å². The lowest BCUT2D eigenvalue weighted by Gasteiger charge is -2.13. The van der Waals surface area contributed by atoms with Crippen LogP contribution in [0.1, 0.15) is 34.2 Å². The van der Waals surface area contributed by atoms with Gasteiger partial charge in [0.2, 0.25) is 5.91 Å². The van der Waals surface area contributed by atoms with Crippen molar-refractivity contribution in [1.29, 1.82) is 0 Å². The highest BCUT2D eigenvalue weighted by Gasteiger charge is 2.31. The van der Waals surface area contributed by atoms with Crippen LogP contribution in [0.5, 0.6) is 5.75 Å². The maximum atomic E-state index is 13.8. The Hall–Kier alpha value is -4.55. The van der Waals surface area contributed by atoms with Crippen LogP contribution in [-0.4, -0.2) is 37.8 Å². The second kappa shape index (κ2) is 9.84. The minimum absolute atomic E-state index is 0.0766. The van der Waals surface area contributed by atoms with Gasteiger partial charge in [-0.15, -0.1) is 13.2 Å². The highest BCUT2D eigenvalue weighted by atomic mass is 19.4. The Morgan fingerprint density at radius 3 is 2.51 bits per heavy atom. The molecular weight excluding hydrogens is 496 g/mol. The fourth-order valence-corrected chi connectivity index (χ4v) is 3.67. The van der Waals surface area contributed by atoms with Gasteiger partial charge in [0.05, 0.1) is 23.1 Å². The smallest absolute Gasteiger partial charge is 0.406 e. The van der Waals surface area contributed by atoms with Crippen LogP contribution < -0.4 is 15.4 Å². The zero-order valence-corrected chi connectivity index (χ0v) is 19.8. The van der Waals surface area contributed by atoms with E-state index in [4.69, 9.17) is 0 Å². The minimum atomic E-state index is -4.98. The van der Waals surface area contributed by atoms with Crippen molar-refractivity contribution in [2.75, 3.05) is 5.32 Å². The third kappa shape index (κ3) is 6.18. The van der Waals surface area contributed by atoms with Gasteiger partial charge >= 0.3 is 6.36 Å². The van der Waals surface area contributed by atoms with Gasteiger partial charge < -0.3 is 15.4 Å². The van der Waals surface area contributed by atoms with Crippen molar-refractivity contribution in [1.82, 2.24) is 24.9 Å². The number of aryl methyl sites for hydroxylation is 2. The number of ether oxygens (including phenoxy) is 1. The predicted octanol–water partition coefficient (Wildman–Crippen LogP) is 4.33. The van der Waals surface area contributed by atoms with E-state index >= 15 is 0 Å². The van der Waals surface area contributed by atoms with Crippen LogP contribution in [0.4, 0.5) is 23.4 Å². The largest absolute Gasteiger partial charge is 0.573 e. The van der Waals surface area contributed by atoms with Crippen molar-refractivity contribution in [3.63, 3.8) is 0 Å². The third-order valence-electron chi connectivity index (χ3n) is 5.17. The fourth-order valence-electron chi connectivity index (χ4n) is 3.67. The Bertz CT molecular complexity index is 1520. The van der Waals surface area contributed by atoms with E-state index in [1.165, 1.54) is 11.4 Å². The molecule has 13 heteroatoms. The number of nitrogens with zero attached hydrogens (tertiary/aromatic N) is 4. The van der Waals surface area contributed by atoms with Crippen LogP contribution >= 0.6 is 0 Å². The fraction of sp³-hybridized carbons (Fsp3) is 0.208. The number of anilines is 1. The number of nitrogens with one attached hydrogen (secondary N) is 2. The Morgan fingerprint density at radius 1 is 1.05 bits per heavy atom. The lowest BCUT2D eigenvalue weighted by Crippen LogP contribution is -2.24. The normalized spacial score (nSPS) is 11.4. The maximum Gasteiger partial charge on any atom is 0.573 e. The zero-order valence-electron chi connectivity index (χ0n) is 19.8. The summed E-state index contributed by atoms with van der Waals surface area (Å²) < 4.78 is 56.5. The molecule has 2 amide bonds. The molecule has 3 aromatic heterocycles. The number of rotatable bonds is 6. The van der Waals surface area contributed by atoms with E-state index in [9.17, 15) is 27.2 Å². The van der Waals surface area contributed by atoms with Crippen molar-refractivity contribution in [3.05, 3.63) is 70.9 Å². The van der Waals surface area contributed by atoms with E-state index in [0.717, 1.165) is 12.1 Å². The average Bonchev–Trinajstić information content (AvgIpc) is 3.16. The summed E-state index contributed by atoms with van der Waals surface area (Å²) >= 11 is 0. The number of halogens is 4. The van der Waals surface area contributed by atoms with Gasteiger partial charge in [0.25, 0.3) is 5.91 Å². The summed E-state index contributed by atoms with van der Waals surface area (Å²) in [5.74, 6) is -2.18. The number of carbonyl (C=O) groups is 2. The quantitative estimate of drug-likeness (QED) is 0.369. The molecule has 2 N–H and O–H groups in total. The van der Waals surface area contributed by atoms with E-state index in [1.54, 1.807) is 38.2 Å². The molecule has 4 aromatic rings. The van der Waals surface area contributed by atoms with Crippen LogP contribution in [0.2, 0.25) is 0 Å². The second-order valence-corrected chi connectivity index (χ2v) is 8.11. The number of carbonyl (C=O) groups excluding carboxylic acids is 2. The zero-order chi connectivity index (χ0) is 26.9. The highest BCUT2D eigenvalue weighted by Crippen LogP contribution is 2.26. The van der Waals surface area contributed by atoms with Gasteiger partial charge in [0, 0.05) is 30.8 Å². The Morgan fingerprint density at radius 2 is 1.81 bits per heavy atom. The molecule has 0 unspecified atom stereocenters. The Kier molecular flexibility index (Phi) is 6.79. The molecule has 0 atom stereocenters. The molecule has 192 valence electrons. The number of imidazole rings is 1. The van der Waals surface area contributed by atoms with Crippen LogP contribution in [0.3, 0.4) is 0 Å². The summed E-state index contributed by atoms with van der Waals surface area (Å²) in [7, 11) is 0. The number of pyridine rings is 1. The first kappa shape index (κ1) is 25.5. The lowest BCUT2D eigenvalue weighted by molar-refractivity contribution is -0.274. The van der Waals surface area contributed by atoms with Crippen molar-refractivity contribution in [3.8, 4) is 17.0 Å². The first-order chi connectivity index (χ1) is 17.4. The molecule has 37 heavy (non-hydrogen) atoms. The molecule has 0 fully saturated rings. The average molecular weight is 516 g/mol. The number of hydrogen-bond acceptors (Lipinski definition) is 6. The summed E-state index contributed by atoms with van der Waals surface area (Å²) in [6.07, 6.45) is -3.44. The van der Waals surface area contributed by atoms with E-state index < -0.39 is 23.8 Å². The maximum absolute atomic E-state index is 13.8. The molecule has 0 radical (unpaired) electrons. The van der Waals surface area contributed by atoms with Gasteiger partial charge in [0.1, 0.15) is 11.6 Å². The molecule has 0 aliphatic carbocycles. The van der Waals surface area contributed by atoms with E-state index in [1.807, 2.05) is 0 Å². The highest BCUT2D eigenvalue weighted by molar-refractivity contribution is 5.96. The topological polar surface area (TPSA) is 111 Å². The molecule has 0 bridgehead atoms. The number of benzene rings is 1. The molecule has 0 aliphatic rings.